The van der Waals surface area contributed by atoms with Crippen molar-refractivity contribution in [1.29, 1.82) is 0 Å². The van der Waals surface area contributed by atoms with Gasteiger partial charge < -0.3 is 9.72 Å². The molecule has 5 nitrogen and oxygen atoms in total. The second-order valence-electron chi connectivity index (χ2n) is 4.07. The Bertz CT molecular complexity index is 564. The number of rotatable bonds is 4. The highest BCUT2D eigenvalue weighted by Crippen LogP contribution is 2.30. The molecule has 0 radical (unpaired) electrons. The predicted molar refractivity (Wildman–Crippen MR) is 69.0 cm³/mol. The van der Waals surface area contributed by atoms with Crippen molar-refractivity contribution in [3.05, 3.63) is 47.6 Å². The molecule has 1 N–H and O–H groups in total. The topological polar surface area (TPSA) is 72.0 Å². The molecule has 0 saturated carbocycles. The summed E-state index contributed by atoms with van der Waals surface area (Å²) in [4.78, 5) is 30.1. The molecule has 5 heteroatoms. The van der Waals surface area contributed by atoms with Crippen LogP contribution in [-0.2, 0) is 14.3 Å². The first-order valence-electron chi connectivity index (χ1n) is 6.08. The van der Waals surface area contributed by atoms with E-state index >= 15 is 0 Å². The quantitative estimate of drug-likeness (QED) is 0.659. The van der Waals surface area contributed by atoms with Crippen molar-refractivity contribution >= 4 is 11.9 Å². The third-order valence-corrected chi connectivity index (χ3v) is 2.75. The Kier molecular flexibility index (Phi) is 4.11. The molecular formula is C14H14N2O3. The summed E-state index contributed by atoms with van der Waals surface area (Å²) in [6.45, 7) is 2.24. The van der Waals surface area contributed by atoms with Crippen molar-refractivity contribution in [3.8, 4) is 0 Å². The van der Waals surface area contributed by atoms with Gasteiger partial charge in [-0.1, -0.05) is 19.1 Å². The predicted octanol–water partition coefficient (Wildman–Crippen LogP) is 1.70. The van der Waals surface area contributed by atoms with Crippen molar-refractivity contribution in [3.63, 3.8) is 0 Å². The van der Waals surface area contributed by atoms with Crippen LogP contribution >= 0.6 is 0 Å². The first-order chi connectivity index (χ1) is 9.27. The van der Waals surface area contributed by atoms with E-state index in [-0.39, 0.29) is 17.1 Å². The van der Waals surface area contributed by atoms with Crippen LogP contribution in [-0.4, -0.2) is 28.5 Å². The first kappa shape index (κ1) is 13.1. The molecule has 0 aliphatic heterocycles. The number of H-pyrrole nitrogens is 1. The maximum Gasteiger partial charge on any atom is 0.339 e. The lowest BCUT2D eigenvalue weighted by Gasteiger charge is -2.17. The highest BCUT2D eigenvalue weighted by atomic mass is 16.5. The molecule has 1 heterocycles. The Morgan fingerprint density at radius 1 is 1.58 bits per heavy atom. The van der Waals surface area contributed by atoms with Crippen molar-refractivity contribution in [1.82, 2.24) is 9.97 Å². The van der Waals surface area contributed by atoms with Gasteiger partial charge in [-0.2, -0.15) is 0 Å². The summed E-state index contributed by atoms with van der Waals surface area (Å²) < 4.78 is 5.06. The molecule has 1 aliphatic rings. The second-order valence-corrected chi connectivity index (χ2v) is 4.07. The number of carbonyl (C=O) groups excluding carboxylic acids is 2. The number of esters is 1. The molecule has 1 aromatic rings. The second kappa shape index (κ2) is 5.98. The van der Waals surface area contributed by atoms with Crippen molar-refractivity contribution in [2.24, 2.45) is 0 Å². The summed E-state index contributed by atoms with van der Waals surface area (Å²) in [7, 11) is 0. The number of hydrogen-bond donors (Lipinski definition) is 1. The van der Waals surface area contributed by atoms with Crippen LogP contribution < -0.4 is 0 Å². The lowest BCUT2D eigenvalue weighted by atomic mass is 9.88. The molecule has 1 aromatic heterocycles. The maximum atomic E-state index is 11.9. The van der Waals surface area contributed by atoms with Crippen LogP contribution in [0.2, 0.25) is 0 Å². The van der Waals surface area contributed by atoms with Gasteiger partial charge in [0.25, 0.3) is 0 Å². The maximum absolute atomic E-state index is 11.9. The number of imidazole rings is 1. The molecule has 0 amide bonds. The van der Waals surface area contributed by atoms with Gasteiger partial charge in [-0.25, -0.2) is 14.6 Å². The Morgan fingerprint density at radius 3 is 3.05 bits per heavy atom. The molecule has 0 fully saturated rings. The fourth-order valence-corrected chi connectivity index (χ4v) is 1.86. The molecule has 2 rings (SSSR count). The van der Waals surface area contributed by atoms with Crippen molar-refractivity contribution in [2.45, 2.75) is 19.3 Å². The van der Waals surface area contributed by atoms with Gasteiger partial charge in [0.1, 0.15) is 11.8 Å². The lowest BCUT2D eigenvalue weighted by molar-refractivity contribution is -0.138. The fourth-order valence-electron chi connectivity index (χ4n) is 1.86. The number of aromatic amines is 1. The third-order valence-electron chi connectivity index (χ3n) is 2.75. The largest absolute Gasteiger partial charge is 0.462 e. The van der Waals surface area contributed by atoms with Crippen LogP contribution in [0, 0.1) is 0 Å². The molecule has 0 saturated heterocycles. The zero-order valence-electron chi connectivity index (χ0n) is 10.6. The molecular weight excluding hydrogens is 244 g/mol. The Balaban J connectivity index is 2.26. The van der Waals surface area contributed by atoms with Gasteiger partial charge in [0.05, 0.1) is 23.7 Å². The summed E-state index contributed by atoms with van der Waals surface area (Å²) in [6, 6.07) is 0. The number of nitrogens with zero attached hydrogens (tertiary/aromatic N) is 1. The van der Waals surface area contributed by atoms with Crippen molar-refractivity contribution < 1.29 is 14.3 Å². The standard InChI is InChI=1S/C14H14N2O3/c1-2-8-19-14(18)11-5-3-4-10(12(11)9-17)13-15-6-7-16-13/h3-7,10H,2,8H2,1H3,(H,15,16). The van der Waals surface area contributed by atoms with E-state index in [0.29, 0.717) is 12.4 Å². The number of nitrogens with one attached hydrogen (secondary N) is 1. The van der Waals surface area contributed by atoms with E-state index in [9.17, 15) is 9.59 Å². The zero-order chi connectivity index (χ0) is 13.7. The van der Waals surface area contributed by atoms with Gasteiger partial charge >= 0.3 is 5.97 Å². The van der Waals surface area contributed by atoms with Gasteiger partial charge in [0.15, 0.2) is 0 Å². The number of carbonyl (C=O) groups is 1. The summed E-state index contributed by atoms with van der Waals surface area (Å²) in [5.74, 6) is 1.55. The van der Waals surface area contributed by atoms with Gasteiger partial charge in [-0.15, -0.1) is 0 Å². The summed E-state index contributed by atoms with van der Waals surface area (Å²) >= 11 is 0. The summed E-state index contributed by atoms with van der Waals surface area (Å²) in [5.41, 5.74) is 0.492. The van der Waals surface area contributed by atoms with E-state index in [0.717, 1.165) is 6.42 Å². The monoisotopic (exact) mass is 258 g/mol. The molecule has 1 unspecified atom stereocenters. The number of allylic oxidation sites excluding steroid dienone is 3. The zero-order valence-corrected chi connectivity index (χ0v) is 10.6. The normalized spacial score (nSPS) is 17.8. The van der Waals surface area contributed by atoms with E-state index in [1.165, 1.54) is 0 Å². The Labute approximate surface area is 110 Å². The number of aromatic nitrogens is 2. The van der Waals surface area contributed by atoms with Crippen LogP contribution in [0.5, 0.6) is 0 Å². The highest BCUT2D eigenvalue weighted by Gasteiger charge is 2.27. The molecule has 1 aliphatic carbocycles. The van der Waals surface area contributed by atoms with Crippen LogP contribution in [0.25, 0.3) is 0 Å². The average molecular weight is 258 g/mol. The number of ether oxygens (including phenoxy) is 1. The van der Waals surface area contributed by atoms with Gasteiger partial charge in [-0.3, -0.25) is 0 Å². The van der Waals surface area contributed by atoms with E-state index in [1.807, 2.05) is 12.9 Å². The van der Waals surface area contributed by atoms with Crippen molar-refractivity contribution in [2.75, 3.05) is 6.61 Å². The first-order valence-corrected chi connectivity index (χ1v) is 6.08. The van der Waals surface area contributed by atoms with E-state index in [2.05, 4.69) is 9.97 Å². The van der Waals surface area contributed by atoms with E-state index in [4.69, 9.17) is 4.74 Å². The number of hydrogen-bond acceptors (Lipinski definition) is 4. The van der Waals surface area contributed by atoms with Crippen LogP contribution in [0.1, 0.15) is 25.1 Å². The minimum Gasteiger partial charge on any atom is -0.462 e. The molecule has 0 aromatic carbocycles. The molecule has 98 valence electrons. The van der Waals surface area contributed by atoms with Crippen LogP contribution in [0.4, 0.5) is 0 Å². The smallest absolute Gasteiger partial charge is 0.339 e. The Morgan fingerprint density at radius 2 is 2.42 bits per heavy atom. The highest BCUT2D eigenvalue weighted by molar-refractivity contribution is 5.98. The van der Waals surface area contributed by atoms with Crippen LogP contribution in [0.15, 0.2) is 41.8 Å². The van der Waals surface area contributed by atoms with Gasteiger partial charge in [-0.05, 0) is 12.5 Å². The summed E-state index contributed by atoms with van der Waals surface area (Å²) in [5, 5.41) is 0. The average Bonchev–Trinajstić information content (AvgIpc) is 2.97. The lowest BCUT2D eigenvalue weighted by Crippen LogP contribution is -2.17. The van der Waals surface area contributed by atoms with E-state index in [1.54, 1.807) is 30.6 Å². The Hall–Kier alpha value is -2.39. The van der Waals surface area contributed by atoms with Crippen LogP contribution in [0.3, 0.4) is 0 Å². The molecule has 0 bridgehead atoms. The molecule has 19 heavy (non-hydrogen) atoms. The van der Waals surface area contributed by atoms with Gasteiger partial charge in [0.2, 0.25) is 0 Å². The minimum atomic E-state index is -0.499. The fraction of sp³-hybridized carbons (Fsp3) is 0.286. The molecule has 0 spiro atoms. The summed E-state index contributed by atoms with van der Waals surface area (Å²) in [6.07, 6.45) is 9.07. The van der Waals surface area contributed by atoms with Gasteiger partial charge in [0, 0.05) is 12.4 Å². The minimum absolute atomic E-state index is 0.243. The third kappa shape index (κ3) is 2.72. The SMILES string of the molecule is CCCOC(=O)C1=CC=CC(c2ncc[nH]2)C1=C=O. The molecule has 1 atom stereocenters. The van der Waals surface area contributed by atoms with E-state index < -0.39 is 5.97 Å².